The van der Waals surface area contributed by atoms with Crippen molar-refractivity contribution >= 4 is 28.3 Å². The van der Waals surface area contributed by atoms with Gasteiger partial charge in [0.1, 0.15) is 0 Å². The molecule has 0 fully saturated rings. The fourth-order valence-electron chi connectivity index (χ4n) is 2.95. The first-order valence-electron chi connectivity index (χ1n) is 7.30. The predicted molar refractivity (Wildman–Crippen MR) is 87.6 cm³/mol. The van der Waals surface area contributed by atoms with E-state index in [1.54, 1.807) is 13.1 Å². The van der Waals surface area contributed by atoms with Gasteiger partial charge in [0.25, 0.3) is 11.8 Å². The SMILES string of the molecule is CNCCN1C(=O)c2cccc3c(N(C)C)ccc(c23)C1=O. The number of hydrogen-bond donors (Lipinski definition) is 1. The van der Waals surface area contributed by atoms with Crippen molar-refractivity contribution in [2.75, 3.05) is 39.1 Å². The minimum absolute atomic E-state index is 0.214. The quantitative estimate of drug-likeness (QED) is 0.873. The van der Waals surface area contributed by atoms with Gasteiger partial charge < -0.3 is 10.2 Å². The maximum Gasteiger partial charge on any atom is 0.261 e. The van der Waals surface area contributed by atoms with Gasteiger partial charge in [0.05, 0.1) is 0 Å². The number of carbonyl (C=O) groups excluding carboxylic acids is 2. The van der Waals surface area contributed by atoms with Gasteiger partial charge >= 0.3 is 0 Å². The summed E-state index contributed by atoms with van der Waals surface area (Å²) in [5.74, 6) is -0.427. The van der Waals surface area contributed by atoms with Crippen molar-refractivity contribution in [1.82, 2.24) is 10.2 Å². The molecule has 0 unspecified atom stereocenters. The summed E-state index contributed by atoms with van der Waals surface area (Å²) < 4.78 is 0. The Hall–Kier alpha value is -2.40. The zero-order valence-corrected chi connectivity index (χ0v) is 13.0. The van der Waals surface area contributed by atoms with Gasteiger partial charge in [-0.05, 0) is 25.2 Å². The van der Waals surface area contributed by atoms with E-state index in [4.69, 9.17) is 0 Å². The van der Waals surface area contributed by atoms with Gasteiger partial charge in [0.15, 0.2) is 0 Å². The van der Waals surface area contributed by atoms with Crippen LogP contribution in [0.1, 0.15) is 20.7 Å². The first-order chi connectivity index (χ1) is 10.6. The Bertz CT molecular complexity index is 746. The molecule has 1 aliphatic rings. The highest BCUT2D eigenvalue weighted by Gasteiger charge is 2.32. The van der Waals surface area contributed by atoms with Gasteiger partial charge in [-0.1, -0.05) is 12.1 Å². The second-order valence-electron chi connectivity index (χ2n) is 5.62. The topological polar surface area (TPSA) is 52.7 Å². The number of carbonyl (C=O) groups is 2. The number of nitrogens with one attached hydrogen (secondary N) is 1. The van der Waals surface area contributed by atoms with E-state index in [1.165, 1.54) is 4.90 Å². The molecular weight excluding hydrogens is 278 g/mol. The van der Waals surface area contributed by atoms with Crippen molar-refractivity contribution in [2.24, 2.45) is 0 Å². The van der Waals surface area contributed by atoms with Crippen LogP contribution in [-0.2, 0) is 0 Å². The number of benzene rings is 2. The molecule has 0 aliphatic carbocycles. The van der Waals surface area contributed by atoms with Crippen LogP contribution in [0, 0.1) is 0 Å². The van der Waals surface area contributed by atoms with Gasteiger partial charge in [-0.2, -0.15) is 0 Å². The molecule has 1 aliphatic heterocycles. The van der Waals surface area contributed by atoms with Crippen molar-refractivity contribution < 1.29 is 9.59 Å². The summed E-state index contributed by atoms with van der Waals surface area (Å²) in [4.78, 5) is 28.6. The number of anilines is 1. The molecule has 0 saturated heterocycles. The van der Waals surface area contributed by atoms with E-state index >= 15 is 0 Å². The highest BCUT2D eigenvalue weighted by atomic mass is 16.2. The molecule has 1 heterocycles. The highest BCUT2D eigenvalue weighted by molar-refractivity contribution is 6.26. The fraction of sp³-hybridized carbons (Fsp3) is 0.294. The average molecular weight is 297 g/mol. The third kappa shape index (κ3) is 2.05. The molecule has 5 nitrogen and oxygen atoms in total. The molecule has 1 N–H and O–H groups in total. The lowest BCUT2D eigenvalue weighted by atomic mass is 9.93. The normalized spacial score (nSPS) is 13.9. The maximum absolute atomic E-state index is 12.7. The first-order valence-corrected chi connectivity index (χ1v) is 7.30. The van der Waals surface area contributed by atoms with E-state index < -0.39 is 0 Å². The lowest BCUT2D eigenvalue weighted by Gasteiger charge is -2.28. The Balaban J connectivity index is 2.23. The Morgan fingerprint density at radius 3 is 2.36 bits per heavy atom. The molecule has 2 aromatic rings. The van der Waals surface area contributed by atoms with Gasteiger partial charge in [-0.3, -0.25) is 14.5 Å². The lowest BCUT2D eigenvalue weighted by Crippen LogP contribution is -2.43. The van der Waals surface area contributed by atoms with Crippen molar-refractivity contribution in [3.05, 3.63) is 41.5 Å². The summed E-state index contributed by atoms with van der Waals surface area (Å²) in [6, 6.07) is 9.39. The molecule has 2 amide bonds. The molecule has 22 heavy (non-hydrogen) atoms. The molecule has 0 atom stereocenters. The van der Waals surface area contributed by atoms with E-state index in [9.17, 15) is 9.59 Å². The predicted octanol–water partition coefficient (Wildman–Crippen LogP) is 1.72. The van der Waals surface area contributed by atoms with Crippen LogP contribution in [0.2, 0.25) is 0 Å². The molecule has 0 saturated carbocycles. The standard InChI is InChI=1S/C17H19N3O2/c1-18-9-10-20-16(21)12-6-4-5-11-14(19(2)3)8-7-13(15(11)12)17(20)22/h4-8,18H,9-10H2,1-3H3. The van der Waals surface area contributed by atoms with Gasteiger partial charge in [0.2, 0.25) is 0 Å². The van der Waals surface area contributed by atoms with Gasteiger partial charge in [0, 0.05) is 54.8 Å². The Labute approximate surface area is 129 Å². The Morgan fingerprint density at radius 1 is 1.05 bits per heavy atom. The minimum atomic E-state index is -0.214. The summed E-state index contributed by atoms with van der Waals surface area (Å²) in [6.45, 7) is 0.956. The lowest BCUT2D eigenvalue weighted by molar-refractivity contribution is 0.0613. The van der Waals surface area contributed by atoms with Crippen molar-refractivity contribution in [3.8, 4) is 0 Å². The Kier molecular flexibility index (Phi) is 3.58. The smallest absolute Gasteiger partial charge is 0.261 e. The molecule has 0 aromatic heterocycles. The highest BCUT2D eigenvalue weighted by Crippen LogP contribution is 2.35. The van der Waals surface area contributed by atoms with Crippen LogP contribution >= 0.6 is 0 Å². The molecule has 5 heteroatoms. The van der Waals surface area contributed by atoms with Crippen molar-refractivity contribution in [1.29, 1.82) is 0 Å². The van der Waals surface area contributed by atoms with Crippen LogP contribution in [0.15, 0.2) is 30.3 Å². The number of likely N-dealkylation sites (N-methyl/N-ethyl adjacent to an activating group) is 1. The molecule has 3 rings (SSSR count). The third-order valence-corrected chi connectivity index (χ3v) is 4.04. The van der Waals surface area contributed by atoms with E-state index in [1.807, 2.05) is 43.3 Å². The van der Waals surface area contributed by atoms with Crippen LogP contribution in [0.3, 0.4) is 0 Å². The second kappa shape index (κ2) is 5.42. The monoisotopic (exact) mass is 297 g/mol. The molecule has 0 bridgehead atoms. The first kappa shape index (κ1) is 14.5. The van der Waals surface area contributed by atoms with Crippen LogP contribution < -0.4 is 10.2 Å². The van der Waals surface area contributed by atoms with Crippen LogP contribution in [-0.4, -0.2) is 50.9 Å². The minimum Gasteiger partial charge on any atom is -0.377 e. The summed E-state index contributed by atoms with van der Waals surface area (Å²) in [6.07, 6.45) is 0. The maximum atomic E-state index is 12.7. The zero-order chi connectivity index (χ0) is 15.9. The van der Waals surface area contributed by atoms with E-state index in [-0.39, 0.29) is 11.8 Å². The molecule has 0 radical (unpaired) electrons. The number of imide groups is 1. The number of hydrogen-bond acceptors (Lipinski definition) is 4. The largest absolute Gasteiger partial charge is 0.377 e. The second-order valence-corrected chi connectivity index (χ2v) is 5.62. The average Bonchev–Trinajstić information content (AvgIpc) is 2.51. The summed E-state index contributed by atoms with van der Waals surface area (Å²) in [7, 11) is 5.71. The van der Waals surface area contributed by atoms with Crippen LogP contribution in [0.5, 0.6) is 0 Å². The molecular formula is C17H19N3O2. The molecule has 2 aromatic carbocycles. The van der Waals surface area contributed by atoms with Gasteiger partial charge in [-0.15, -0.1) is 0 Å². The Morgan fingerprint density at radius 2 is 1.73 bits per heavy atom. The van der Waals surface area contributed by atoms with Gasteiger partial charge in [-0.25, -0.2) is 0 Å². The summed E-state index contributed by atoms with van der Waals surface area (Å²) in [5, 5.41) is 4.68. The number of amides is 2. The van der Waals surface area contributed by atoms with E-state index in [0.29, 0.717) is 24.2 Å². The van der Waals surface area contributed by atoms with Crippen LogP contribution in [0.4, 0.5) is 5.69 Å². The van der Waals surface area contributed by atoms with Crippen LogP contribution in [0.25, 0.3) is 10.8 Å². The fourth-order valence-corrected chi connectivity index (χ4v) is 2.95. The summed E-state index contributed by atoms with van der Waals surface area (Å²) >= 11 is 0. The van der Waals surface area contributed by atoms with E-state index in [0.717, 1.165) is 16.5 Å². The molecule has 0 spiro atoms. The van der Waals surface area contributed by atoms with Crippen molar-refractivity contribution in [2.45, 2.75) is 0 Å². The summed E-state index contributed by atoms with van der Waals surface area (Å²) in [5.41, 5.74) is 2.21. The number of rotatable bonds is 4. The molecule has 114 valence electrons. The zero-order valence-electron chi connectivity index (χ0n) is 13.0. The number of nitrogens with zero attached hydrogens (tertiary/aromatic N) is 2. The van der Waals surface area contributed by atoms with E-state index in [2.05, 4.69) is 5.32 Å². The van der Waals surface area contributed by atoms with Crippen molar-refractivity contribution in [3.63, 3.8) is 0 Å². The third-order valence-electron chi connectivity index (χ3n) is 4.04.